The highest BCUT2D eigenvalue weighted by Gasteiger charge is 2.87. The Balaban J connectivity index is 9.69. The van der Waals surface area contributed by atoms with Crippen molar-refractivity contribution in [1.82, 2.24) is 16.0 Å². The van der Waals surface area contributed by atoms with Crippen molar-refractivity contribution >= 4 is 35.6 Å². The van der Waals surface area contributed by atoms with E-state index in [1.54, 1.807) is 20.8 Å². The highest BCUT2D eigenvalue weighted by atomic mass is 16.4. The maximum absolute atomic E-state index is 15.0. The smallest absolute Gasteiger partial charge is 0.331 e. The van der Waals surface area contributed by atoms with Crippen molar-refractivity contribution in [3.63, 3.8) is 0 Å². The van der Waals surface area contributed by atoms with Crippen LogP contribution in [-0.2, 0) is 28.8 Å². The number of ketones is 1. The van der Waals surface area contributed by atoms with E-state index in [1.165, 1.54) is 27.8 Å². The number of nitrogens with one attached hydrogen (secondary N) is 3. The highest BCUT2D eigenvalue weighted by molar-refractivity contribution is 6.12. The van der Waals surface area contributed by atoms with E-state index in [0.29, 0.717) is 13.3 Å². The number of nitrogens with two attached hydrogens (primary N) is 2. The molecule has 0 aromatic heterocycles. The minimum absolute atomic E-state index is 0.183. The zero-order valence-corrected chi connectivity index (χ0v) is 31.9. The topological polar surface area (TPSA) is 312 Å². The lowest BCUT2D eigenvalue weighted by Gasteiger charge is -2.67. The van der Waals surface area contributed by atoms with Gasteiger partial charge in [0.2, 0.25) is 5.91 Å². The Labute approximate surface area is 300 Å². The third-order valence-electron chi connectivity index (χ3n) is 10.7. The molecule has 0 bridgehead atoms. The van der Waals surface area contributed by atoms with E-state index in [-0.39, 0.29) is 25.2 Å². The molecule has 0 saturated carbocycles. The molecule has 0 heterocycles. The van der Waals surface area contributed by atoms with Crippen LogP contribution in [0.4, 0.5) is 0 Å². The number of hydrogen-bond donors (Lipinski definition) is 11. The Bertz CT molecular complexity index is 1290. The lowest BCUT2D eigenvalue weighted by atomic mass is 9.40. The Morgan fingerprint density at radius 3 is 1.55 bits per heavy atom. The van der Waals surface area contributed by atoms with E-state index >= 15 is 4.79 Å². The van der Waals surface area contributed by atoms with E-state index in [0.717, 1.165) is 20.9 Å². The molecule has 0 aromatic carbocycles. The number of amides is 1. The first-order valence-electron chi connectivity index (χ1n) is 17.3. The van der Waals surface area contributed by atoms with Gasteiger partial charge in [0.15, 0.2) is 16.7 Å². The van der Waals surface area contributed by atoms with Crippen LogP contribution in [0.3, 0.4) is 0 Å². The fourth-order valence-corrected chi connectivity index (χ4v) is 8.06. The average molecular weight is 734 g/mol. The summed E-state index contributed by atoms with van der Waals surface area (Å²) in [4.78, 5) is 83.7. The number of Topliss-reactive ketones (excluding diaryl/α,β-unsaturated/α-hetero) is 1. The summed E-state index contributed by atoms with van der Waals surface area (Å²) in [6, 6.07) is -0.881. The molecular weight excluding hydrogens is 670 g/mol. The standard InChI is InChI=1S/C34H63N5O12/c1-12-14-21(37-10)22(40)17-23(41)31(26(45)46,29(9,35)25(43)44)34(51,32(36,19(5)6)27(47)48)30(38-11,15-13-2)33(20(7)8,28(49)50)39-24(42)16-18(3)4/h18-22,37-38,40,51H,12-17,35-36H2,1-11H3,(H,39,42)(H,43,44)(H,45,46)(H,47,48)(H,49,50)/t21?,22?,29-,30?,31?,32-,33-,34?/m0/s1. The molecule has 17 heteroatoms. The summed E-state index contributed by atoms with van der Waals surface area (Å²) in [5.74, 6) is -14.7. The van der Waals surface area contributed by atoms with E-state index in [2.05, 4.69) is 16.0 Å². The summed E-state index contributed by atoms with van der Waals surface area (Å²) in [6.07, 6.45) is -3.44. The summed E-state index contributed by atoms with van der Waals surface area (Å²) >= 11 is 0. The number of aliphatic hydroxyl groups is 2. The lowest BCUT2D eigenvalue weighted by molar-refractivity contribution is -0.249. The van der Waals surface area contributed by atoms with Crippen LogP contribution in [0.5, 0.6) is 0 Å². The highest BCUT2D eigenvalue weighted by Crippen LogP contribution is 2.59. The zero-order chi connectivity index (χ0) is 40.7. The molecule has 0 spiro atoms. The van der Waals surface area contributed by atoms with Gasteiger partial charge in [0.25, 0.3) is 0 Å². The third-order valence-corrected chi connectivity index (χ3v) is 10.7. The van der Waals surface area contributed by atoms with Crippen LogP contribution in [0.25, 0.3) is 0 Å². The van der Waals surface area contributed by atoms with Gasteiger partial charge in [0, 0.05) is 18.9 Å². The molecule has 1 amide bonds. The molecule has 13 N–H and O–H groups in total. The van der Waals surface area contributed by atoms with Crippen LogP contribution in [-0.4, -0.2) is 120 Å². The predicted molar refractivity (Wildman–Crippen MR) is 188 cm³/mol. The molecule has 51 heavy (non-hydrogen) atoms. The summed E-state index contributed by atoms with van der Waals surface area (Å²) in [7, 11) is 2.50. The largest absolute Gasteiger partial charge is 0.480 e. The number of likely N-dealkylation sites (N-methyl/N-ethyl adjacent to an activating group) is 2. The number of carbonyl (C=O) groups excluding carboxylic acids is 2. The summed E-state index contributed by atoms with van der Waals surface area (Å²) in [6.45, 7) is 12.0. The Hall–Kier alpha value is -3.22. The molecule has 5 unspecified atom stereocenters. The molecule has 0 saturated heterocycles. The fraction of sp³-hybridized carbons (Fsp3) is 0.824. The number of aliphatic carboxylic acids is 4. The SMILES string of the molecule is CCCC(NC)C(O)CC(=O)C(C(=O)O)(C(O)(C(CCC)(NC)[C@@](NC(=O)CC(C)C)(C(=O)O)C(C)C)[C@@](N)(C(=O)O)C(C)C)[C@@](C)(N)C(=O)O. The Morgan fingerprint density at radius 2 is 1.25 bits per heavy atom. The van der Waals surface area contributed by atoms with E-state index in [4.69, 9.17) is 11.5 Å². The van der Waals surface area contributed by atoms with Gasteiger partial charge in [-0.25, -0.2) is 4.79 Å². The van der Waals surface area contributed by atoms with Gasteiger partial charge in [0.05, 0.1) is 11.6 Å². The number of carboxylic acid groups (broad SMARTS) is 4. The van der Waals surface area contributed by atoms with Gasteiger partial charge in [-0.15, -0.1) is 0 Å². The zero-order valence-electron chi connectivity index (χ0n) is 31.9. The van der Waals surface area contributed by atoms with E-state index < -0.39 is 106 Å². The summed E-state index contributed by atoms with van der Waals surface area (Å²) in [5, 5.41) is 77.4. The molecule has 296 valence electrons. The minimum Gasteiger partial charge on any atom is -0.480 e. The first-order valence-corrected chi connectivity index (χ1v) is 17.3. The van der Waals surface area contributed by atoms with Crippen LogP contribution < -0.4 is 27.4 Å². The number of hydrogen-bond acceptors (Lipinski definition) is 12. The van der Waals surface area contributed by atoms with Gasteiger partial charge >= 0.3 is 23.9 Å². The predicted octanol–water partition coefficient (Wildman–Crippen LogP) is 0.137. The summed E-state index contributed by atoms with van der Waals surface area (Å²) < 4.78 is 0. The second kappa shape index (κ2) is 17.5. The Morgan fingerprint density at radius 1 is 0.745 bits per heavy atom. The van der Waals surface area contributed by atoms with Crippen molar-refractivity contribution in [3.8, 4) is 0 Å². The first-order chi connectivity index (χ1) is 23.2. The number of carbonyl (C=O) groups is 6. The molecular formula is C34H63N5O12. The number of aliphatic hydroxyl groups excluding tert-OH is 1. The van der Waals surface area contributed by atoms with Crippen LogP contribution >= 0.6 is 0 Å². The molecule has 0 fully saturated rings. The minimum atomic E-state index is -4.09. The van der Waals surface area contributed by atoms with Crippen molar-refractivity contribution in [2.45, 2.75) is 141 Å². The van der Waals surface area contributed by atoms with Gasteiger partial charge in [0.1, 0.15) is 16.7 Å². The average Bonchev–Trinajstić information content (AvgIpc) is 2.99. The molecule has 0 aliphatic carbocycles. The van der Waals surface area contributed by atoms with Gasteiger partial charge in [-0.2, -0.15) is 0 Å². The van der Waals surface area contributed by atoms with Gasteiger partial charge in [-0.3, -0.25) is 24.0 Å². The molecule has 17 nitrogen and oxygen atoms in total. The fourth-order valence-electron chi connectivity index (χ4n) is 8.06. The van der Waals surface area contributed by atoms with Gasteiger partial charge in [-0.1, -0.05) is 68.2 Å². The normalized spacial score (nSPS) is 20.4. The maximum Gasteiger partial charge on any atom is 0.331 e. The van der Waals surface area contributed by atoms with E-state index in [9.17, 15) is 54.6 Å². The van der Waals surface area contributed by atoms with Crippen molar-refractivity contribution in [1.29, 1.82) is 0 Å². The molecule has 0 radical (unpaired) electrons. The van der Waals surface area contributed by atoms with Crippen LogP contribution in [0, 0.1) is 23.2 Å². The van der Waals surface area contributed by atoms with Crippen molar-refractivity contribution in [2.24, 2.45) is 34.6 Å². The van der Waals surface area contributed by atoms with Crippen LogP contribution in [0.2, 0.25) is 0 Å². The molecule has 0 aromatic rings. The van der Waals surface area contributed by atoms with Crippen molar-refractivity contribution in [2.75, 3.05) is 14.1 Å². The Kier molecular flexibility index (Phi) is 16.4. The molecule has 0 rings (SSSR count). The number of carboxylic acids is 4. The molecule has 0 aliphatic rings. The van der Waals surface area contributed by atoms with Crippen LogP contribution in [0.15, 0.2) is 0 Å². The van der Waals surface area contributed by atoms with Gasteiger partial charge in [-0.05, 0) is 51.6 Å². The second-order valence-electron chi connectivity index (χ2n) is 14.8. The quantitative estimate of drug-likeness (QED) is 0.0588. The third kappa shape index (κ3) is 7.38. The van der Waals surface area contributed by atoms with Crippen LogP contribution in [0.1, 0.15) is 101 Å². The lowest BCUT2D eigenvalue weighted by Crippen LogP contribution is -2.97. The summed E-state index contributed by atoms with van der Waals surface area (Å²) in [5.41, 5.74) is -7.91. The van der Waals surface area contributed by atoms with Crippen molar-refractivity contribution < 1.29 is 59.4 Å². The second-order valence-corrected chi connectivity index (χ2v) is 14.8. The monoisotopic (exact) mass is 733 g/mol. The van der Waals surface area contributed by atoms with Crippen molar-refractivity contribution in [3.05, 3.63) is 0 Å². The first kappa shape index (κ1) is 47.8. The molecule has 8 atom stereocenters. The maximum atomic E-state index is 15.0. The number of rotatable bonds is 24. The molecule has 0 aliphatic heterocycles. The van der Waals surface area contributed by atoms with E-state index in [1.807, 2.05) is 0 Å². The van der Waals surface area contributed by atoms with Gasteiger partial charge < -0.3 is 58.1 Å².